The van der Waals surface area contributed by atoms with Gasteiger partial charge in [0.1, 0.15) is 0 Å². The van der Waals surface area contributed by atoms with Crippen molar-refractivity contribution in [1.29, 1.82) is 0 Å². The van der Waals surface area contributed by atoms with Crippen LogP contribution in [-0.2, 0) is 23.9 Å². The van der Waals surface area contributed by atoms with Crippen LogP contribution in [0, 0.1) is 11.8 Å². The quantitative estimate of drug-likeness (QED) is 0.570. The lowest BCUT2D eigenvalue weighted by molar-refractivity contribution is -0.154. The minimum Gasteiger partial charge on any atom is -0.452 e. The molecule has 0 aromatic heterocycles. The van der Waals surface area contributed by atoms with Crippen molar-refractivity contribution in [2.24, 2.45) is 11.8 Å². The van der Waals surface area contributed by atoms with Crippen molar-refractivity contribution in [3.05, 3.63) is 42.5 Å². The van der Waals surface area contributed by atoms with E-state index in [9.17, 15) is 19.2 Å². The molecule has 1 saturated heterocycles. The van der Waals surface area contributed by atoms with Gasteiger partial charge in [0, 0.05) is 12.2 Å². The summed E-state index contributed by atoms with van der Waals surface area (Å²) in [7, 11) is 0. The molecule has 1 N–H and O–H groups in total. The molecule has 2 aliphatic rings. The van der Waals surface area contributed by atoms with Crippen molar-refractivity contribution < 1.29 is 23.9 Å². The zero-order chi connectivity index (χ0) is 22.0. The number of nitrogens with one attached hydrogen (secondary N) is 1. The molecular weight excluding hydrogens is 396 g/mol. The Labute approximate surface area is 180 Å². The van der Waals surface area contributed by atoms with E-state index < -0.39 is 18.0 Å². The molecule has 31 heavy (non-hydrogen) atoms. The molecule has 1 heterocycles. The number of benzene rings is 2. The number of hydrogen-bond donors (Lipinski definition) is 1. The van der Waals surface area contributed by atoms with Crippen LogP contribution < -0.4 is 5.32 Å². The molecule has 2 aromatic carbocycles. The van der Waals surface area contributed by atoms with Gasteiger partial charge in [0.15, 0.2) is 6.10 Å². The fraction of sp³-hybridized carbons (Fsp3) is 0.417. The lowest BCUT2D eigenvalue weighted by Gasteiger charge is -2.19. The minimum absolute atomic E-state index is 0.00249. The Bertz CT molecular complexity index is 1010. The molecule has 0 unspecified atom stereocenters. The number of carbonyl (C=O) groups excluding carboxylic acids is 4. The van der Waals surface area contributed by atoms with Gasteiger partial charge in [-0.3, -0.25) is 24.1 Å². The third-order valence-electron chi connectivity index (χ3n) is 6.17. The number of imide groups is 1. The monoisotopic (exact) mass is 422 g/mol. The SMILES string of the molecule is C[C@H](OC(=O)CCN1C(=O)[C@H]2CCCC[C@@H]2C1=O)C(=O)Nc1ccc2ccccc2c1. The number of ether oxygens (including phenoxy) is 1. The molecule has 7 nitrogen and oxygen atoms in total. The number of nitrogens with zero attached hydrogens (tertiary/aromatic N) is 1. The number of likely N-dealkylation sites (tertiary alicyclic amines) is 1. The summed E-state index contributed by atoms with van der Waals surface area (Å²) in [5.74, 6) is -1.87. The van der Waals surface area contributed by atoms with Crippen LogP contribution in [0.15, 0.2) is 42.5 Å². The third kappa shape index (κ3) is 4.45. The number of amides is 3. The van der Waals surface area contributed by atoms with E-state index in [1.54, 1.807) is 6.07 Å². The first-order chi connectivity index (χ1) is 14.9. The largest absolute Gasteiger partial charge is 0.452 e. The molecule has 7 heteroatoms. The van der Waals surface area contributed by atoms with Gasteiger partial charge in [0.2, 0.25) is 11.8 Å². The van der Waals surface area contributed by atoms with Crippen LogP contribution in [0.25, 0.3) is 10.8 Å². The van der Waals surface area contributed by atoms with Gasteiger partial charge in [-0.1, -0.05) is 43.2 Å². The van der Waals surface area contributed by atoms with E-state index in [2.05, 4.69) is 5.32 Å². The molecule has 0 bridgehead atoms. The first-order valence-corrected chi connectivity index (χ1v) is 10.8. The van der Waals surface area contributed by atoms with Gasteiger partial charge in [0.25, 0.3) is 5.91 Å². The summed E-state index contributed by atoms with van der Waals surface area (Å²) in [5, 5.41) is 4.80. The van der Waals surface area contributed by atoms with Gasteiger partial charge < -0.3 is 10.1 Å². The summed E-state index contributed by atoms with van der Waals surface area (Å²) in [4.78, 5) is 50.8. The maximum Gasteiger partial charge on any atom is 0.308 e. The lowest BCUT2D eigenvalue weighted by Crippen LogP contribution is -2.35. The molecule has 3 amide bonds. The topological polar surface area (TPSA) is 92.8 Å². The average Bonchev–Trinajstić information content (AvgIpc) is 3.02. The third-order valence-corrected chi connectivity index (χ3v) is 6.17. The van der Waals surface area contributed by atoms with E-state index in [0.717, 1.165) is 36.5 Å². The van der Waals surface area contributed by atoms with Crippen molar-refractivity contribution in [1.82, 2.24) is 4.90 Å². The molecule has 1 aliphatic heterocycles. The van der Waals surface area contributed by atoms with Crippen molar-refractivity contribution in [2.75, 3.05) is 11.9 Å². The Balaban J connectivity index is 1.28. The smallest absolute Gasteiger partial charge is 0.308 e. The number of hydrogen-bond acceptors (Lipinski definition) is 5. The maximum absolute atomic E-state index is 12.5. The van der Waals surface area contributed by atoms with Crippen LogP contribution in [-0.4, -0.2) is 41.2 Å². The molecule has 1 aliphatic carbocycles. The second-order valence-electron chi connectivity index (χ2n) is 8.26. The van der Waals surface area contributed by atoms with E-state index in [-0.39, 0.29) is 36.6 Å². The van der Waals surface area contributed by atoms with Crippen LogP contribution in [0.3, 0.4) is 0 Å². The highest BCUT2D eigenvalue weighted by Gasteiger charge is 2.47. The van der Waals surface area contributed by atoms with Crippen molar-refractivity contribution in [2.45, 2.75) is 45.1 Å². The van der Waals surface area contributed by atoms with Crippen LogP contribution in [0.4, 0.5) is 5.69 Å². The Morgan fingerprint density at radius 1 is 1.03 bits per heavy atom. The highest BCUT2D eigenvalue weighted by Crippen LogP contribution is 2.38. The lowest BCUT2D eigenvalue weighted by atomic mass is 9.81. The van der Waals surface area contributed by atoms with E-state index in [0.29, 0.717) is 5.69 Å². The molecule has 0 spiro atoms. The average molecular weight is 422 g/mol. The van der Waals surface area contributed by atoms with Gasteiger partial charge in [-0.15, -0.1) is 0 Å². The molecule has 4 rings (SSSR count). The maximum atomic E-state index is 12.5. The molecular formula is C24H26N2O5. The fourth-order valence-electron chi connectivity index (χ4n) is 4.48. The molecule has 3 atom stereocenters. The van der Waals surface area contributed by atoms with Crippen LogP contribution in [0.1, 0.15) is 39.0 Å². The number of fused-ring (bicyclic) bond motifs is 2. The predicted octanol–water partition coefficient (Wildman–Crippen LogP) is 3.28. The van der Waals surface area contributed by atoms with Crippen molar-refractivity contribution in [3.8, 4) is 0 Å². The van der Waals surface area contributed by atoms with Crippen LogP contribution in [0.2, 0.25) is 0 Å². The van der Waals surface area contributed by atoms with Gasteiger partial charge in [-0.2, -0.15) is 0 Å². The standard InChI is InChI=1S/C24H26N2O5/c1-15(22(28)25-18-11-10-16-6-2-3-7-17(16)14-18)31-21(27)12-13-26-23(29)19-8-4-5-9-20(19)24(26)30/h2-3,6-7,10-11,14-15,19-20H,4-5,8-9,12-13H2,1H3,(H,25,28)/t15-,19-,20-/m0/s1. The minimum atomic E-state index is -0.994. The van der Waals surface area contributed by atoms with Gasteiger partial charge in [0.05, 0.1) is 18.3 Å². The summed E-state index contributed by atoms with van der Waals surface area (Å²) in [6.07, 6.45) is 2.28. The van der Waals surface area contributed by atoms with E-state index in [1.807, 2.05) is 36.4 Å². The summed E-state index contributed by atoms with van der Waals surface area (Å²) < 4.78 is 5.22. The summed E-state index contributed by atoms with van der Waals surface area (Å²) in [5.41, 5.74) is 0.613. The van der Waals surface area contributed by atoms with Gasteiger partial charge >= 0.3 is 5.97 Å². The Kier molecular flexibility index (Phi) is 6.02. The van der Waals surface area contributed by atoms with Crippen molar-refractivity contribution in [3.63, 3.8) is 0 Å². The molecule has 162 valence electrons. The first kappa shape index (κ1) is 21.0. The second-order valence-corrected chi connectivity index (χ2v) is 8.26. The molecule has 0 radical (unpaired) electrons. The van der Waals surface area contributed by atoms with Crippen molar-refractivity contribution >= 4 is 40.2 Å². The predicted molar refractivity (Wildman–Crippen MR) is 115 cm³/mol. The zero-order valence-corrected chi connectivity index (χ0v) is 17.5. The first-order valence-electron chi connectivity index (χ1n) is 10.8. The number of rotatable bonds is 6. The van der Waals surface area contributed by atoms with E-state index >= 15 is 0 Å². The van der Waals surface area contributed by atoms with Crippen LogP contribution >= 0.6 is 0 Å². The van der Waals surface area contributed by atoms with Crippen LogP contribution in [0.5, 0.6) is 0 Å². The van der Waals surface area contributed by atoms with Gasteiger partial charge in [-0.25, -0.2) is 0 Å². The molecule has 1 saturated carbocycles. The Hall–Kier alpha value is -3.22. The highest BCUT2D eigenvalue weighted by molar-refractivity contribution is 6.05. The Morgan fingerprint density at radius 3 is 2.35 bits per heavy atom. The normalized spacial score (nSPS) is 21.6. The number of anilines is 1. The second kappa shape index (κ2) is 8.88. The Morgan fingerprint density at radius 2 is 1.68 bits per heavy atom. The fourth-order valence-corrected chi connectivity index (χ4v) is 4.48. The van der Waals surface area contributed by atoms with Gasteiger partial charge in [-0.05, 0) is 42.7 Å². The zero-order valence-electron chi connectivity index (χ0n) is 17.5. The molecule has 2 fully saturated rings. The highest BCUT2D eigenvalue weighted by atomic mass is 16.5. The number of esters is 1. The number of carbonyl (C=O) groups is 4. The van der Waals surface area contributed by atoms with E-state index in [4.69, 9.17) is 4.74 Å². The summed E-state index contributed by atoms with van der Waals surface area (Å²) in [6, 6.07) is 13.3. The van der Waals surface area contributed by atoms with E-state index in [1.165, 1.54) is 11.8 Å². The summed E-state index contributed by atoms with van der Waals surface area (Å²) >= 11 is 0. The summed E-state index contributed by atoms with van der Waals surface area (Å²) in [6.45, 7) is 1.50. The molecule has 2 aromatic rings.